The van der Waals surface area contributed by atoms with Crippen molar-refractivity contribution in [2.24, 2.45) is 5.92 Å². The lowest BCUT2D eigenvalue weighted by molar-refractivity contribution is -0.120. The highest BCUT2D eigenvalue weighted by atomic mass is 32.2. The van der Waals surface area contributed by atoms with Crippen LogP contribution < -0.4 is 0 Å². The van der Waals surface area contributed by atoms with Crippen molar-refractivity contribution in [1.29, 1.82) is 5.26 Å². The molecule has 0 aliphatic heterocycles. The highest BCUT2D eigenvalue weighted by Crippen LogP contribution is 2.58. The molecule has 0 N–H and O–H groups in total. The molecule has 2 rings (SSSR count). The van der Waals surface area contributed by atoms with Gasteiger partial charge in [0.05, 0.1) is 12.5 Å². The van der Waals surface area contributed by atoms with Crippen molar-refractivity contribution in [1.82, 2.24) is 0 Å². The quantitative estimate of drug-likeness (QED) is 0.528. The van der Waals surface area contributed by atoms with E-state index in [9.17, 15) is 27.7 Å². The van der Waals surface area contributed by atoms with Crippen LogP contribution in [0.2, 0.25) is 0 Å². The van der Waals surface area contributed by atoms with Crippen molar-refractivity contribution >= 4 is 21.9 Å². The van der Waals surface area contributed by atoms with Gasteiger partial charge in [-0.25, -0.2) is 12.8 Å². The van der Waals surface area contributed by atoms with Gasteiger partial charge >= 0.3 is 0 Å². The zero-order valence-electron chi connectivity index (χ0n) is 12.7. The summed E-state index contributed by atoms with van der Waals surface area (Å²) < 4.78 is 42.6. The van der Waals surface area contributed by atoms with E-state index in [1.54, 1.807) is 6.07 Å². The van der Waals surface area contributed by atoms with Crippen molar-refractivity contribution in [3.05, 3.63) is 23.6 Å². The first-order chi connectivity index (χ1) is 10.7. The van der Waals surface area contributed by atoms with Gasteiger partial charge in [0.15, 0.2) is 21.2 Å². The van der Waals surface area contributed by atoms with Crippen molar-refractivity contribution in [3.63, 3.8) is 0 Å². The van der Waals surface area contributed by atoms with Gasteiger partial charge in [0.25, 0.3) is 0 Å². The zero-order chi connectivity index (χ0) is 17.5. The Kier molecular flexibility index (Phi) is 4.30. The molecule has 8 heteroatoms. The number of sulfone groups is 1. The Labute approximate surface area is 133 Å². The molecule has 0 bridgehead atoms. The summed E-state index contributed by atoms with van der Waals surface area (Å²) in [6.07, 6.45) is 3.35. The molecule has 2 unspecified atom stereocenters. The van der Waals surface area contributed by atoms with E-state index in [1.807, 2.05) is 0 Å². The number of Topliss-reactive ketones (excluding diaryl/α,β-unsaturated/α-hetero) is 1. The number of hydrogen-bond donors (Lipinski definition) is 0. The Balaban J connectivity index is 2.86. The summed E-state index contributed by atoms with van der Waals surface area (Å²) in [4.78, 5) is 22.9. The van der Waals surface area contributed by atoms with Crippen LogP contribution in [-0.2, 0) is 24.2 Å². The summed E-state index contributed by atoms with van der Waals surface area (Å²) in [5.74, 6) is -2.28. The van der Waals surface area contributed by atoms with Crippen LogP contribution in [0.5, 0.6) is 0 Å². The second-order valence-corrected chi connectivity index (χ2v) is 7.82. The molecule has 1 saturated carbocycles. The maximum atomic E-state index is 14.7. The molecule has 124 valence electrons. The summed E-state index contributed by atoms with van der Waals surface area (Å²) in [6, 6.07) is 1.64. The van der Waals surface area contributed by atoms with Gasteiger partial charge in [0, 0.05) is 18.9 Å². The standard InChI is InChI=1S/C15H16FNO5S/c1-22-15(10-3-4-10)13(16)6-5-11(12(19)7-8-18)14(15,9-17)23(2,20)21/h5-6,8,10H,3-4,7H2,1-2H3. The molecular formula is C15H16FNO5S. The molecule has 0 saturated heterocycles. The number of aldehydes is 1. The Morgan fingerprint density at radius 2 is 2.13 bits per heavy atom. The fourth-order valence-corrected chi connectivity index (χ4v) is 4.97. The van der Waals surface area contributed by atoms with Crippen molar-refractivity contribution < 1.29 is 27.1 Å². The molecule has 2 aliphatic rings. The number of nitrogens with zero attached hydrogens (tertiary/aromatic N) is 1. The Hall–Kier alpha value is -1.85. The molecule has 23 heavy (non-hydrogen) atoms. The monoisotopic (exact) mass is 341 g/mol. The molecule has 0 aromatic heterocycles. The Morgan fingerprint density at radius 1 is 1.52 bits per heavy atom. The molecule has 2 atom stereocenters. The smallest absolute Gasteiger partial charge is 0.221 e. The maximum absolute atomic E-state index is 14.7. The number of nitriles is 1. The second kappa shape index (κ2) is 5.65. The Morgan fingerprint density at radius 3 is 2.52 bits per heavy atom. The van der Waals surface area contributed by atoms with Crippen LogP contribution >= 0.6 is 0 Å². The number of hydrogen-bond acceptors (Lipinski definition) is 6. The minimum Gasteiger partial charge on any atom is -0.368 e. The normalized spacial score (nSPS) is 30.9. The van der Waals surface area contributed by atoms with Gasteiger partial charge < -0.3 is 9.53 Å². The van der Waals surface area contributed by atoms with Crippen LogP contribution in [0.25, 0.3) is 0 Å². The predicted molar refractivity (Wildman–Crippen MR) is 78.6 cm³/mol. The van der Waals surface area contributed by atoms with Gasteiger partial charge in [-0.3, -0.25) is 4.79 Å². The molecule has 2 aliphatic carbocycles. The van der Waals surface area contributed by atoms with E-state index >= 15 is 0 Å². The molecule has 0 spiro atoms. The Bertz CT molecular complexity index is 759. The highest BCUT2D eigenvalue weighted by Gasteiger charge is 2.71. The lowest BCUT2D eigenvalue weighted by Gasteiger charge is -2.45. The fraction of sp³-hybridized carbons (Fsp3) is 0.533. The maximum Gasteiger partial charge on any atom is 0.221 e. The van der Waals surface area contributed by atoms with Crippen LogP contribution in [0.4, 0.5) is 4.39 Å². The number of allylic oxidation sites excluding steroid dienone is 2. The van der Waals surface area contributed by atoms with Crippen molar-refractivity contribution in [3.8, 4) is 6.07 Å². The van der Waals surface area contributed by atoms with E-state index < -0.39 is 49.7 Å². The number of halogens is 1. The first-order valence-corrected chi connectivity index (χ1v) is 8.83. The summed E-state index contributed by atoms with van der Waals surface area (Å²) in [7, 11) is -3.16. The number of rotatable bonds is 6. The molecule has 0 aromatic rings. The first-order valence-electron chi connectivity index (χ1n) is 6.94. The highest BCUT2D eigenvalue weighted by molar-refractivity contribution is 7.92. The minimum atomic E-state index is -4.28. The predicted octanol–water partition coefficient (Wildman–Crippen LogP) is 1.04. The number of methoxy groups -OCH3 is 1. The summed E-state index contributed by atoms with van der Waals surface area (Å²) >= 11 is 0. The van der Waals surface area contributed by atoms with Crippen LogP contribution in [-0.4, -0.2) is 44.2 Å². The summed E-state index contributed by atoms with van der Waals surface area (Å²) in [5.41, 5.74) is -2.50. The van der Waals surface area contributed by atoms with Crippen LogP contribution in [0.15, 0.2) is 23.6 Å². The molecule has 0 heterocycles. The van der Waals surface area contributed by atoms with E-state index in [1.165, 1.54) is 0 Å². The molecule has 0 radical (unpaired) electrons. The second-order valence-electron chi connectivity index (χ2n) is 5.67. The molecular weight excluding hydrogens is 325 g/mol. The van der Waals surface area contributed by atoms with Gasteiger partial charge in [0.2, 0.25) is 4.75 Å². The number of ketones is 1. The van der Waals surface area contributed by atoms with Crippen molar-refractivity contribution in [2.75, 3.05) is 13.4 Å². The number of carbonyl (C=O) groups excluding carboxylic acids is 2. The lowest BCUT2D eigenvalue weighted by atomic mass is 9.72. The van der Waals surface area contributed by atoms with Gasteiger partial charge in [0.1, 0.15) is 12.1 Å². The topological polar surface area (TPSA) is 101 Å². The van der Waals surface area contributed by atoms with Gasteiger partial charge in [-0.15, -0.1) is 0 Å². The lowest BCUT2D eigenvalue weighted by Crippen LogP contribution is -2.64. The first kappa shape index (κ1) is 17.5. The third-order valence-corrected chi connectivity index (χ3v) is 6.14. The average Bonchev–Trinajstić information content (AvgIpc) is 3.30. The average molecular weight is 341 g/mol. The number of carbonyl (C=O) groups is 2. The summed E-state index contributed by atoms with van der Waals surface area (Å²) in [6.45, 7) is 0. The third-order valence-electron chi connectivity index (χ3n) is 4.41. The van der Waals surface area contributed by atoms with E-state index in [4.69, 9.17) is 4.74 Å². The van der Waals surface area contributed by atoms with E-state index in [2.05, 4.69) is 0 Å². The third kappa shape index (κ3) is 2.18. The number of ether oxygens (including phenoxy) is 1. The van der Waals surface area contributed by atoms with Gasteiger partial charge in [-0.05, 0) is 30.9 Å². The summed E-state index contributed by atoms with van der Waals surface area (Å²) in [5, 5.41) is 9.74. The SMILES string of the molecule is COC1(C2CC2)C(F)=CC=C(C(=O)CC=O)C1(C#N)S(C)(=O)=O. The van der Waals surface area contributed by atoms with E-state index in [0.29, 0.717) is 19.1 Å². The van der Waals surface area contributed by atoms with Crippen molar-refractivity contribution in [2.45, 2.75) is 29.6 Å². The molecule has 0 amide bonds. The largest absolute Gasteiger partial charge is 0.368 e. The molecule has 1 fully saturated rings. The molecule has 0 aromatic carbocycles. The van der Waals surface area contributed by atoms with E-state index in [-0.39, 0.29) is 0 Å². The van der Waals surface area contributed by atoms with Crippen LogP contribution in [0.1, 0.15) is 19.3 Å². The zero-order valence-corrected chi connectivity index (χ0v) is 13.5. The fourth-order valence-electron chi connectivity index (χ4n) is 3.32. The van der Waals surface area contributed by atoms with Gasteiger partial charge in [-0.2, -0.15) is 5.26 Å². The van der Waals surface area contributed by atoms with Gasteiger partial charge in [-0.1, -0.05) is 0 Å². The minimum absolute atomic E-state index is 0.313. The van der Waals surface area contributed by atoms with Crippen LogP contribution in [0, 0.1) is 17.2 Å². The van der Waals surface area contributed by atoms with Crippen LogP contribution in [0.3, 0.4) is 0 Å². The molecule has 6 nitrogen and oxygen atoms in total. The van der Waals surface area contributed by atoms with E-state index in [0.717, 1.165) is 25.5 Å².